The van der Waals surface area contributed by atoms with Crippen molar-refractivity contribution in [1.29, 1.82) is 0 Å². The summed E-state index contributed by atoms with van der Waals surface area (Å²) < 4.78 is 0. The molecule has 0 aliphatic heterocycles. The Morgan fingerprint density at radius 1 is 0.938 bits per heavy atom. The number of carboxylic acids is 1. The van der Waals surface area contributed by atoms with Crippen LogP contribution in [-0.4, -0.2) is 11.1 Å². The van der Waals surface area contributed by atoms with E-state index in [-0.39, 0.29) is 52.8 Å². The van der Waals surface area contributed by atoms with Crippen LogP contribution in [0.4, 0.5) is 0 Å². The predicted octanol–water partition coefficient (Wildman–Crippen LogP) is 0.168. The maximum Gasteiger partial charge on any atom is 1.00 e. The minimum Gasteiger partial charge on any atom is -1.00 e. The van der Waals surface area contributed by atoms with Crippen molar-refractivity contribution in [3.8, 4) is 11.1 Å². The van der Waals surface area contributed by atoms with E-state index in [9.17, 15) is 4.79 Å². The Morgan fingerprint density at radius 3 is 2.19 bits per heavy atom. The van der Waals surface area contributed by atoms with E-state index in [1.54, 1.807) is 18.2 Å². The van der Waals surface area contributed by atoms with Gasteiger partial charge in [-0.05, 0) is 23.3 Å². The predicted molar refractivity (Wildman–Crippen MR) is 59.9 cm³/mol. The van der Waals surface area contributed by atoms with Crippen molar-refractivity contribution < 1.29 is 62.7 Å². The smallest absolute Gasteiger partial charge is 1.00 e. The molecule has 0 saturated carbocycles. The summed E-state index contributed by atoms with van der Waals surface area (Å²) in [6, 6.07) is 16.7. The molecule has 16 heavy (non-hydrogen) atoms. The first-order valence-electron chi connectivity index (χ1n) is 4.66. The summed E-state index contributed by atoms with van der Waals surface area (Å²) in [6.07, 6.45) is 0. The van der Waals surface area contributed by atoms with Gasteiger partial charge in [0.05, 0.1) is 5.56 Å². The van der Waals surface area contributed by atoms with Crippen molar-refractivity contribution >= 4 is 5.97 Å². The second-order valence-electron chi connectivity index (χ2n) is 3.25. The van der Waals surface area contributed by atoms with Gasteiger partial charge in [-0.15, -0.1) is 0 Å². The molecule has 0 radical (unpaired) electrons. The fourth-order valence-corrected chi connectivity index (χ4v) is 1.46. The zero-order valence-electron chi connectivity index (χ0n) is 10.1. The molecule has 0 aromatic heterocycles. The summed E-state index contributed by atoms with van der Waals surface area (Å²) in [6.45, 7) is 0. The maximum atomic E-state index is 10.8. The largest absolute Gasteiger partial charge is 1.00 e. The molecule has 1 N–H and O–H groups in total. The van der Waals surface area contributed by atoms with Crippen LogP contribution in [0.2, 0.25) is 0 Å². The first kappa shape index (κ1) is 13.6. The van der Waals surface area contributed by atoms with E-state index in [2.05, 4.69) is 0 Å². The average molecular weight is 238 g/mol. The van der Waals surface area contributed by atoms with Crippen LogP contribution in [0.1, 0.15) is 11.8 Å². The van der Waals surface area contributed by atoms with Gasteiger partial charge in [0.25, 0.3) is 0 Å². The minimum absolute atomic E-state index is 0. The third-order valence-corrected chi connectivity index (χ3v) is 2.22. The van der Waals surface area contributed by atoms with E-state index in [1.165, 1.54) is 0 Å². The van der Waals surface area contributed by atoms with Crippen LogP contribution >= 0.6 is 0 Å². The van der Waals surface area contributed by atoms with Gasteiger partial charge >= 0.3 is 57.4 Å². The van der Waals surface area contributed by atoms with Crippen LogP contribution in [0.3, 0.4) is 0 Å². The molecule has 76 valence electrons. The number of benzene rings is 2. The van der Waals surface area contributed by atoms with E-state index < -0.39 is 5.97 Å². The number of carbonyl (C=O) groups is 1. The Balaban J connectivity index is 0.00000128. The molecular formula is C13H11KO2. The van der Waals surface area contributed by atoms with Crippen LogP contribution in [-0.2, 0) is 0 Å². The Labute approximate surface area is 138 Å². The second-order valence-corrected chi connectivity index (χ2v) is 3.25. The molecule has 0 unspecified atom stereocenters. The number of hydrogen-bond donors (Lipinski definition) is 1. The standard InChI is InChI=1S/C13H10O2.K.H/c14-13(15)12-8-4-7-11(9-12)10-5-2-1-3-6-10;;/h1-9H,(H,14,15);;/q;+1;-1. The molecule has 0 atom stereocenters. The van der Waals surface area contributed by atoms with Gasteiger partial charge in [-0.25, -0.2) is 4.79 Å². The van der Waals surface area contributed by atoms with E-state index >= 15 is 0 Å². The normalized spacial score (nSPS) is 9.25. The van der Waals surface area contributed by atoms with Gasteiger partial charge in [0.15, 0.2) is 0 Å². The zero-order chi connectivity index (χ0) is 10.7. The third-order valence-electron chi connectivity index (χ3n) is 2.22. The monoisotopic (exact) mass is 238 g/mol. The Kier molecular flexibility index (Phi) is 5.38. The zero-order valence-corrected chi connectivity index (χ0v) is 12.2. The van der Waals surface area contributed by atoms with E-state index in [1.807, 2.05) is 36.4 Å². The molecule has 2 nitrogen and oxygen atoms in total. The number of rotatable bonds is 2. The van der Waals surface area contributed by atoms with E-state index in [4.69, 9.17) is 5.11 Å². The van der Waals surface area contributed by atoms with Crippen LogP contribution in [0.5, 0.6) is 0 Å². The van der Waals surface area contributed by atoms with Gasteiger partial charge in [0.1, 0.15) is 0 Å². The van der Waals surface area contributed by atoms with Crippen LogP contribution < -0.4 is 51.4 Å². The maximum absolute atomic E-state index is 10.8. The van der Waals surface area contributed by atoms with Gasteiger partial charge in [-0.3, -0.25) is 0 Å². The van der Waals surface area contributed by atoms with Gasteiger partial charge in [-0.1, -0.05) is 42.5 Å². The first-order valence-corrected chi connectivity index (χ1v) is 4.66. The fraction of sp³-hybridized carbons (Fsp3) is 0. The van der Waals surface area contributed by atoms with Gasteiger partial charge in [0.2, 0.25) is 0 Å². The van der Waals surface area contributed by atoms with E-state index in [0.717, 1.165) is 11.1 Å². The molecular weight excluding hydrogens is 227 g/mol. The van der Waals surface area contributed by atoms with Crippen LogP contribution in [0.25, 0.3) is 11.1 Å². The quantitative estimate of drug-likeness (QED) is 0.757. The Hall–Kier alpha value is -0.454. The molecule has 0 amide bonds. The molecule has 0 fully saturated rings. The Morgan fingerprint density at radius 2 is 1.56 bits per heavy atom. The van der Waals surface area contributed by atoms with Crippen molar-refractivity contribution in [2.45, 2.75) is 0 Å². The summed E-state index contributed by atoms with van der Waals surface area (Å²) in [5.74, 6) is -0.896. The number of carboxylic acid groups (broad SMARTS) is 1. The summed E-state index contributed by atoms with van der Waals surface area (Å²) in [5, 5.41) is 8.86. The van der Waals surface area contributed by atoms with Crippen molar-refractivity contribution in [2.75, 3.05) is 0 Å². The van der Waals surface area contributed by atoms with Crippen LogP contribution in [0.15, 0.2) is 54.6 Å². The summed E-state index contributed by atoms with van der Waals surface area (Å²) in [4.78, 5) is 10.8. The summed E-state index contributed by atoms with van der Waals surface area (Å²) >= 11 is 0. The molecule has 0 aliphatic carbocycles. The van der Waals surface area contributed by atoms with Crippen molar-refractivity contribution in [3.05, 3.63) is 60.2 Å². The molecule has 0 spiro atoms. The van der Waals surface area contributed by atoms with Gasteiger partial charge in [-0.2, -0.15) is 0 Å². The fourth-order valence-electron chi connectivity index (χ4n) is 1.46. The van der Waals surface area contributed by atoms with Crippen molar-refractivity contribution in [3.63, 3.8) is 0 Å². The van der Waals surface area contributed by atoms with Gasteiger partial charge < -0.3 is 6.53 Å². The topological polar surface area (TPSA) is 37.3 Å². The van der Waals surface area contributed by atoms with Crippen LogP contribution in [0, 0.1) is 0 Å². The number of hydrogen-bond acceptors (Lipinski definition) is 1. The molecule has 2 rings (SSSR count). The molecule has 3 heteroatoms. The van der Waals surface area contributed by atoms with Crippen molar-refractivity contribution in [1.82, 2.24) is 0 Å². The summed E-state index contributed by atoms with van der Waals surface area (Å²) in [7, 11) is 0. The first-order chi connectivity index (χ1) is 7.27. The van der Waals surface area contributed by atoms with E-state index in [0.29, 0.717) is 5.56 Å². The SMILES string of the molecule is O=C(O)c1cccc(-c2ccccc2)c1.[H-].[K+]. The third kappa shape index (κ3) is 3.27. The molecule has 0 bridgehead atoms. The molecule has 0 heterocycles. The average Bonchev–Trinajstić information content (AvgIpc) is 2.30. The summed E-state index contributed by atoms with van der Waals surface area (Å²) in [5.41, 5.74) is 2.27. The molecule has 2 aromatic rings. The minimum atomic E-state index is -0.896. The Bertz CT molecular complexity index is 486. The molecule has 2 aromatic carbocycles. The van der Waals surface area contributed by atoms with Crippen molar-refractivity contribution in [2.24, 2.45) is 0 Å². The van der Waals surface area contributed by atoms with Gasteiger partial charge in [0, 0.05) is 0 Å². The second kappa shape index (κ2) is 6.32. The number of aromatic carboxylic acids is 1. The molecule has 0 aliphatic rings. The molecule has 0 saturated heterocycles.